The van der Waals surface area contributed by atoms with E-state index in [2.05, 4.69) is 5.32 Å². The van der Waals surface area contributed by atoms with Gasteiger partial charge < -0.3 is 14.8 Å². The van der Waals surface area contributed by atoms with Crippen LogP contribution in [-0.4, -0.2) is 36.7 Å². The Morgan fingerprint density at radius 2 is 1.70 bits per heavy atom. The number of carbonyl (C=O) groups is 2. The van der Waals surface area contributed by atoms with E-state index in [1.165, 1.54) is 0 Å². The summed E-state index contributed by atoms with van der Waals surface area (Å²) < 4.78 is 10.4. The Bertz CT molecular complexity index is 368. The third kappa shape index (κ3) is 5.74. The van der Waals surface area contributed by atoms with Gasteiger partial charge in [0.05, 0.1) is 19.2 Å². The Morgan fingerprint density at radius 1 is 1.15 bits per heavy atom. The van der Waals surface area contributed by atoms with Gasteiger partial charge in [0.25, 0.3) is 0 Å². The number of piperidine rings is 1. The average Bonchev–Trinajstić information content (AvgIpc) is 2.36. The van der Waals surface area contributed by atoms with Crippen molar-refractivity contribution in [1.82, 2.24) is 0 Å². The van der Waals surface area contributed by atoms with Crippen LogP contribution in [0.2, 0.25) is 0 Å². The standard InChI is InChI=1S/C15H25NO4/c1-11(2)19-13(17)5-6-14(18)20-15(3,4)12-7-9-16-10-8-12/h5-6,11-12,16H,7-10H2,1-4H3/p+1/b6-5+. The van der Waals surface area contributed by atoms with E-state index in [9.17, 15) is 9.59 Å². The molecule has 1 rings (SSSR count). The quantitative estimate of drug-likeness (QED) is 0.598. The van der Waals surface area contributed by atoms with Gasteiger partial charge in [0, 0.05) is 30.9 Å². The molecule has 0 aromatic rings. The van der Waals surface area contributed by atoms with Gasteiger partial charge in [-0.05, 0) is 27.7 Å². The summed E-state index contributed by atoms with van der Waals surface area (Å²) >= 11 is 0. The maximum absolute atomic E-state index is 11.8. The van der Waals surface area contributed by atoms with Gasteiger partial charge in [0.1, 0.15) is 5.60 Å². The van der Waals surface area contributed by atoms with Crippen LogP contribution < -0.4 is 5.32 Å². The van der Waals surface area contributed by atoms with E-state index in [-0.39, 0.29) is 6.10 Å². The van der Waals surface area contributed by atoms with E-state index >= 15 is 0 Å². The largest absolute Gasteiger partial charge is 0.460 e. The first-order valence-corrected chi connectivity index (χ1v) is 7.24. The molecule has 1 saturated heterocycles. The van der Waals surface area contributed by atoms with E-state index in [1.807, 2.05) is 13.8 Å². The van der Waals surface area contributed by atoms with Crippen LogP contribution in [0, 0.1) is 5.92 Å². The number of quaternary nitrogens is 1. The lowest BCUT2D eigenvalue weighted by molar-refractivity contribution is -0.665. The van der Waals surface area contributed by atoms with Crippen LogP contribution in [0.3, 0.4) is 0 Å². The molecular formula is C15H26NO4+. The lowest BCUT2D eigenvalue weighted by atomic mass is 9.83. The number of hydrogen-bond acceptors (Lipinski definition) is 4. The molecule has 0 saturated carbocycles. The van der Waals surface area contributed by atoms with E-state index in [0.717, 1.165) is 38.1 Å². The number of esters is 2. The second kappa shape index (κ2) is 7.43. The third-order valence-corrected chi connectivity index (χ3v) is 3.49. The molecule has 2 N–H and O–H groups in total. The summed E-state index contributed by atoms with van der Waals surface area (Å²) in [5, 5.41) is 2.27. The number of nitrogens with two attached hydrogens (primary N) is 1. The summed E-state index contributed by atoms with van der Waals surface area (Å²) in [4.78, 5) is 23.1. The number of hydrogen-bond donors (Lipinski definition) is 1. The van der Waals surface area contributed by atoms with E-state index in [1.54, 1.807) is 13.8 Å². The van der Waals surface area contributed by atoms with Crippen molar-refractivity contribution in [2.24, 2.45) is 5.92 Å². The van der Waals surface area contributed by atoms with Crippen LogP contribution in [0.5, 0.6) is 0 Å². The topological polar surface area (TPSA) is 69.2 Å². The minimum absolute atomic E-state index is 0.196. The van der Waals surface area contributed by atoms with Crippen LogP contribution in [0.25, 0.3) is 0 Å². The van der Waals surface area contributed by atoms with Gasteiger partial charge in [-0.25, -0.2) is 9.59 Å². The molecule has 0 aliphatic carbocycles. The lowest BCUT2D eigenvalue weighted by Gasteiger charge is -2.35. The zero-order valence-electron chi connectivity index (χ0n) is 12.8. The molecule has 1 aliphatic heterocycles. The summed E-state index contributed by atoms with van der Waals surface area (Å²) in [6.07, 6.45) is 4.14. The van der Waals surface area contributed by atoms with Gasteiger partial charge in [0.2, 0.25) is 0 Å². The highest BCUT2D eigenvalue weighted by atomic mass is 16.6. The molecule has 0 radical (unpaired) electrons. The predicted octanol–water partition coefficient (Wildman–Crippen LogP) is 0.789. The molecule has 114 valence electrons. The Kier molecular flexibility index (Phi) is 6.20. The SMILES string of the molecule is CC(C)OC(=O)/C=C/C(=O)OC(C)(C)C1CC[NH2+]CC1. The van der Waals surface area contributed by atoms with E-state index in [0.29, 0.717) is 5.92 Å². The number of carbonyl (C=O) groups excluding carboxylic acids is 2. The molecule has 5 nitrogen and oxygen atoms in total. The molecule has 5 heteroatoms. The second-order valence-corrected chi connectivity index (χ2v) is 5.98. The maximum atomic E-state index is 11.8. The third-order valence-electron chi connectivity index (χ3n) is 3.49. The second-order valence-electron chi connectivity index (χ2n) is 5.98. The van der Waals surface area contributed by atoms with Crippen molar-refractivity contribution < 1.29 is 24.4 Å². The van der Waals surface area contributed by atoms with Crippen LogP contribution in [-0.2, 0) is 19.1 Å². The zero-order chi connectivity index (χ0) is 15.2. The van der Waals surface area contributed by atoms with Crippen molar-refractivity contribution in [2.45, 2.75) is 52.2 Å². The smallest absolute Gasteiger partial charge is 0.331 e. The van der Waals surface area contributed by atoms with Crippen molar-refractivity contribution in [3.8, 4) is 0 Å². The van der Waals surface area contributed by atoms with Gasteiger partial charge in [-0.1, -0.05) is 0 Å². The van der Waals surface area contributed by atoms with Gasteiger partial charge >= 0.3 is 11.9 Å². The summed E-state index contributed by atoms with van der Waals surface area (Å²) in [5.74, 6) is -0.653. The Balaban J connectivity index is 2.47. The average molecular weight is 284 g/mol. The molecule has 0 atom stereocenters. The Hall–Kier alpha value is -1.36. The van der Waals surface area contributed by atoms with E-state index in [4.69, 9.17) is 9.47 Å². The minimum atomic E-state index is -0.526. The van der Waals surface area contributed by atoms with Crippen molar-refractivity contribution >= 4 is 11.9 Å². The van der Waals surface area contributed by atoms with Gasteiger partial charge in [0.15, 0.2) is 0 Å². The van der Waals surface area contributed by atoms with Crippen LogP contribution >= 0.6 is 0 Å². The summed E-state index contributed by atoms with van der Waals surface area (Å²) in [6.45, 7) is 9.52. The molecule has 20 heavy (non-hydrogen) atoms. The first-order valence-electron chi connectivity index (χ1n) is 7.24. The first kappa shape index (κ1) is 16.7. The molecule has 1 heterocycles. The monoisotopic (exact) mass is 284 g/mol. The fourth-order valence-corrected chi connectivity index (χ4v) is 2.41. The van der Waals surface area contributed by atoms with Gasteiger partial charge in [-0.15, -0.1) is 0 Å². The highest BCUT2D eigenvalue weighted by Gasteiger charge is 2.34. The fraction of sp³-hybridized carbons (Fsp3) is 0.733. The van der Waals surface area contributed by atoms with Gasteiger partial charge in [-0.2, -0.15) is 0 Å². The van der Waals surface area contributed by atoms with Crippen molar-refractivity contribution in [3.63, 3.8) is 0 Å². The molecule has 0 aromatic carbocycles. The molecular weight excluding hydrogens is 258 g/mol. The molecule has 1 fully saturated rings. The van der Waals surface area contributed by atoms with Gasteiger partial charge in [-0.3, -0.25) is 0 Å². The highest BCUT2D eigenvalue weighted by Crippen LogP contribution is 2.27. The van der Waals surface area contributed by atoms with Crippen molar-refractivity contribution in [1.29, 1.82) is 0 Å². The van der Waals surface area contributed by atoms with Crippen LogP contribution in [0.4, 0.5) is 0 Å². The summed E-state index contributed by atoms with van der Waals surface area (Å²) in [7, 11) is 0. The lowest BCUT2D eigenvalue weighted by Crippen LogP contribution is -2.86. The van der Waals surface area contributed by atoms with Crippen molar-refractivity contribution in [2.75, 3.05) is 13.1 Å². The van der Waals surface area contributed by atoms with Crippen molar-refractivity contribution in [3.05, 3.63) is 12.2 Å². The number of ether oxygens (including phenoxy) is 2. The molecule has 0 spiro atoms. The molecule has 0 aromatic heterocycles. The molecule has 1 aliphatic rings. The predicted molar refractivity (Wildman–Crippen MR) is 74.9 cm³/mol. The Labute approximate surface area is 120 Å². The summed E-state index contributed by atoms with van der Waals surface area (Å²) in [6, 6.07) is 0. The number of rotatable bonds is 5. The normalized spacial score (nSPS) is 17.4. The Morgan fingerprint density at radius 3 is 2.25 bits per heavy atom. The molecule has 0 unspecified atom stereocenters. The summed E-state index contributed by atoms with van der Waals surface area (Å²) in [5.41, 5.74) is -0.502. The highest BCUT2D eigenvalue weighted by molar-refractivity contribution is 5.91. The molecule has 0 amide bonds. The zero-order valence-corrected chi connectivity index (χ0v) is 12.8. The maximum Gasteiger partial charge on any atom is 0.331 e. The minimum Gasteiger partial charge on any atom is -0.460 e. The van der Waals surface area contributed by atoms with Crippen LogP contribution in [0.15, 0.2) is 12.2 Å². The first-order chi connectivity index (χ1) is 9.31. The van der Waals surface area contributed by atoms with Crippen LogP contribution in [0.1, 0.15) is 40.5 Å². The fourth-order valence-electron chi connectivity index (χ4n) is 2.41. The molecule has 0 bridgehead atoms. The van der Waals surface area contributed by atoms with E-state index < -0.39 is 17.5 Å².